The van der Waals surface area contributed by atoms with E-state index in [0.29, 0.717) is 5.92 Å². The van der Waals surface area contributed by atoms with Gasteiger partial charge in [0, 0.05) is 7.11 Å². The lowest BCUT2D eigenvalue weighted by Crippen LogP contribution is -2.29. The van der Waals surface area contributed by atoms with E-state index in [1.807, 2.05) is 4.68 Å². The van der Waals surface area contributed by atoms with Gasteiger partial charge in [0.05, 0.1) is 18.2 Å². The van der Waals surface area contributed by atoms with Crippen LogP contribution in [0.3, 0.4) is 0 Å². The van der Waals surface area contributed by atoms with Gasteiger partial charge in [-0.3, -0.25) is 0 Å². The highest BCUT2D eigenvalue weighted by Crippen LogP contribution is 2.32. The normalized spacial score (nSPS) is 25.1. The van der Waals surface area contributed by atoms with Crippen LogP contribution in [-0.2, 0) is 4.74 Å². The van der Waals surface area contributed by atoms with E-state index in [9.17, 15) is 0 Å². The highest BCUT2D eigenvalue weighted by atomic mass is 16.5. The second-order valence-corrected chi connectivity index (χ2v) is 5.78. The largest absolute Gasteiger partial charge is 0.379 e. The van der Waals surface area contributed by atoms with E-state index in [-0.39, 0.29) is 18.2 Å². The van der Waals surface area contributed by atoms with E-state index in [1.54, 1.807) is 7.11 Å². The quantitative estimate of drug-likeness (QED) is 0.850. The van der Waals surface area contributed by atoms with Crippen molar-refractivity contribution in [2.75, 3.05) is 13.7 Å². The van der Waals surface area contributed by atoms with Gasteiger partial charge in [0.1, 0.15) is 0 Å². The van der Waals surface area contributed by atoms with Crippen LogP contribution in [0.2, 0.25) is 0 Å². The van der Waals surface area contributed by atoms with Gasteiger partial charge in [-0.25, -0.2) is 4.68 Å². The molecular formula is C13H25N5O. The van der Waals surface area contributed by atoms with E-state index >= 15 is 0 Å². The molecule has 1 heterocycles. The summed E-state index contributed by atoms with van der Waals surface area (Å²) in [6.07, 6.45) is 3.59. The number of methoxy groups -OCH3 is 1. The number of aromatic nitrogens is 4. The molecule has 1 aromatic heterocycles. The van der Waals surface area contributed by atoms with E-state index in [2.05, 4.69) is 41.6 Å². The molecule has 0 radical (unpaired) electrons. The van der Waals surface area contributed by atoms with Crippen molar-refractivity contribution in [1.29, 1.82) is 0 Å². The lowest BCUT2D eigenvalue weighted by molar-refractivity contribution is 0.0685. The van der Waals surface area contributed by atoms with Crippen molar-refractivity contribution >= 4 is 0 Å². The molecule has 1 saturated carbocycles. The zero-order valence-corrected chi connectivity index (χ0v) is 12.3. The molecule has 1 fully saturated rings. The van der Waals surface area contributed by atoms with Crippen LogP contribution in [0, 0.1) is 5.92 Å². The fraction of sp³-hybridized carbons (Fsp3) is 0.923. The Balaban J connectivity index is 2.08. The molecule has 19 heavy (non-hydrogen) atoms. The van der Waals surface area contributed by atoms with E-state index in [1.165, 1.54) is 6.42 Å². The minimum absolute atomic E-state index is 0.163. The lowest BCUT2D eigenvalue weighted by Gasteiger charge is -2.22. The van der Waals surface area contributed by atoms with Crippen LogP contribution >= 0.6 is 0 Å². The van der Waals surface area contributed by atoms with Crippen molar-refractivity contribution in [3.05, 3.63) is 5.82 Å². The SMILES string of the molecule is COC1CCCC1n1nnnc1C(C)NCC(C)C. The van der Waals surface area contributed by atoms with Crippen LogP contribution in [0.15, 0.2) is 0 Å². The summed E-state index contributed by atoms with van der Waals surface area (Å²) in [7, 11) is 1.77. The summed E-state index contributed by atoms with van der Waals surface area (Å²) in [6.45, 7) is 7.47. The van der Waals surface area contributed by atoms with Gasteiger partial charge in [0.15, 0.2) is 5.82 Å². The Morgan fingerprint density at radius 3 is 2.84 bits per heavy atom. The van der Waals surface area contributed by atoms with Crippen LogP contribution in [0.25, 0.3) is 0 Å². The fourth-order valence-corrected chi connectivity index (χ4v) is 2.69. The summed E-state index contributed by atoms with van der Waals surface area (Å²) in [6, 6.07) is 0.439. The van der Waals surface area contributed by atoms with Gasteiger partial charge < -0.3 is 10.1 Å². The van der Waals surface area contributed by atoms with Crippen LogP contribution in [0.5, 0.6) is 0 Å². The summed E-state index contributed by atoms with van der Waals surface area (Å²) in [5.41, 5.74) is 0. The first-order chi connectivity index (χ1) is 9.13. The minimum atomic E-state index is 0.163. The Labute approximate surface area is 114 Å². The third kappa shape index (κ3) is 3.30. The maximum absolute atomic E-state index is 5.54. The van der Waals surface area contributed by atoms with Gasteiger partial charge in [0.25, 0.3) is 0 Å². The number of hydrogen-bond acceptors (Lipinski definition) is 5. The molecule has 108 valence electrons. The van der Waals surface area contributed by atoms with E-state index < -0.39 is 0 Å². The Bertz CT molecular complexity index is 392. The zero-order valence-electron chi connectivity index (χ0n) is 12.3. The summed E-state index contributed by atoms with van der Waals surface area (Å²) in [5, 5.41) is 15.7. The molecule has 1 aliphatic rings. The Morgan fingerprint density at radius 2 is 2.16 bits per heavy atom. The molecule has 1 aromatic rings. The minimum Gasteiger partial charge on any atom is -0.379 e. The predicted octanol–water partition coefficient (Wildman–Crippen LogP) is 1.72. The first kappa shape index (κ1) is 14.4. The van der Waals surface area contributed by atoms with Crippen molar-refractivity contribution in [3.63, 3.8) is 0 Å². The Morgan fingerprint density at radius 1 is 1.37 bits per heavy atom. The molecule has 0 aromatic carbocycles. The third-order valence-corrected chi connectivity index (χ3v) is 3.77. The molecular weight excluding hydrogens is 242 g/mol. The van der Waals surface area contributed by atoms with Crippen LogP contribution in [0.1, 0.15) is 57.9 Å². The summed E-state index contributed by atoms with van der Waals surface area (Å²) < 4.78 is 7.50. The number of hydrogen-bond donors (Lipinski definition) is 1. The molecule has 6 nitrogen and oxygen atoms in total. The molecule has 6 heteroatoms. The molecule has 1 N–H and O–H groups in total. The molecule has 3 atom stereocenters. The predicted molar refractivity (Wildman–Crippen MR) is 72.8 cm³/mol. The number of tetrazole rings is 1. The highest BCUT2D eigenvalue weighted by Gasteiger charge is 2.32. The first-order valence-corrected chi connectivity index (χ1v) is 7.17. The number of nitrogens with zero attached hydrogens (tertiary/aromatic N) is 4. The molecule has 1 aliphatic carbocycles. The van der Waals surface area contributed by atoms with Crippen LogP contribution in [0.4, 0.5) is 0 Å². The van der Waals surface area contributed by atoms with Gasteiger partial charge >= 0.3 is 0 Å². The smallest absolute Gasteiger partial charge is 0.168 e. The van der Waals surface area contributed by atoms with Crippen LogP contribution in [-0.4, -0.2) is 40.0 Å². The molecule has 2 rings (SSSR count). The lowest BCUT2D eigenvalue weighted by atomic mass is 10.2. The molecule has 0 saturated heterocycles. The monoisotopic (exact) mass is 267 g/mol. The summed E-state index contributed by atoms with van der Waals surface area (Å²) >= 11 is 0. The maximum atomic E-state index is 5.54. The molecule has 0 bridgehead atoms. The van der Waals surface area contributed by atoms with E-state index in [4.69, 9.17) is 4.74 Å². The summed E-state index contributed by atoms with van der Waals surface area (Å²) in [4.78, 5) is 0. The maximum Gasteiger partial charge on any atom is 0.168 e. The summed E-state index contributed by atoms with van der Waals surface area (Å²) in [5.74, 6) is 1.53. The molecule has 0 spiro atoms. The first-order valence-electron chi connectivity index (χ1n) is 7.17. The van der Waals surface area contributed by atoms with Gasteiger partial charge in [-0.05, 0) is 49.1 Å². The molecule has 0 amide bonds. The fourth-order valence-electron chi connectivity index (χ4n) is 2.69. The van der Waals surface area contributed by atoms with Gasteiger partial charge in [-0.1, -0.05) is 13.8 Å². The topological polar surface area (TPSA) is 64.9 Å². The average molecular weight is 267 g/mol. The van der Waals surface area contributed by atoms with Crippen molar-refractivity contribution in [1.82, 2.24) is 25.5 Å². The Kier molecular flexibility index (Phi) is 4.87. The van der Waals surface area contributed by atoms with Gasteiger partial charge in [-0.15, -0.1) is 5.10 Å². The average Bonchev–Trinajstić information content (AvgIpc) is 3.02. The van der Waals surface area contributed by atoms with Crippen LogP contribution < -0.4 is 5.32 Å². The molecule has 0 aliphatic heterocycles. The van der Waals surface area contributed by atoms with Crippen molar-refractivity contribution in [2.45, 2.75) is 58.2 Å². The van der Waals surface area contributed by atoms with E-state index in [0.717, 1.165) is 25.2 Å². The second kappa shape index (κ2) is 6.43. The van der Waals surface area contributed by atoms with Gasteiger partial charge in [0.2, 0.25) is 0 Å². The number of rotatable bonds is 6. The Hall–Kier alpha value is -1.01. The number of nitrogens with one attached hydrogen (secondary N) is 1. The standard InChI is InChI=1S/C13H25N5O/c1-9(2)8-14-10(3)13-15-16-17-18(13)11-6-5-7-12(11)19-4/h9-12,14H,5-8H2,1-4H3. The third-order valence-electron chi connectivity index (χ3n) is 3.77. The highest BCUT2D eigenvalue weighted by molar-refractivity contribution is 4.95. The molecule has 3 unspecified atom stereocenters. The van der Waals surface area contributed by atoms with Crippen molar-refractivity contribution < 1.29 is 4.74 Å². The van der Waals surface area contributed by atoms with Crippen molar-refractivity contribution in [3.8, 4) is 0 Å². The zero-order chi connectivity index (χ0) is 13.8. The van der Waals surface area contributed by atoms with Crippen molar-refractivity contribution in [2.24, 2.45) is 5.92 Å². The second-order valence-electron chi connectivity index (χ2n) is 5.78. The van der Waals surface area contributed by atoms with Gasteiger partial charge in [-0.2, -0.15) is 0 Å². The number of ether oxygens (including phenoxy) is 1.